The number of nitrogens with zero attached hydrogens (tertiary/aromatic N) is 1. The summed E-state index contributed by atoms with van der Waals surface area (Å²) in [5.74, 6) is -0.134. The first-order chi connectivity index (χ1) is 11.3. The lowest BCUT2D eigenvalue weighted by Gasteiger charge is -2.30. The Morgan fingerprint density at radius 3 is 2.67 bits per heavy atom. The molecule has 1 aromatic carbocycles. The van der Waals surface area contributed by atoms with Gasteiger partial charge in [-0.15, -0.1) is 0 Å². The van der Waals surface area contributed by atoms with Crippen molar-refractivity contribution < 1.29 is 9.90 Å². The summed E-state index contributed by atoms with van der Waals surface area (Å²) >= 11 is 0. The molecule has 0 aromatic heterocycles. The first kappa shape index (κ1) is 18.7. The molecule has 1 aliphatic rings. The van der Waals surface area contributed by atoms with E-state index in [4.69, 9.17) is 0 Å². The molecule has 1 heterocycles. The van der Waals surface area contributed by atoms with Gasteiger partial charge < -0.3 is 10.4 Å². The molecule has 1 atom stereocenters. The highest BCUT2D eigenvalue weighted by molar-refractivity contribution is 5.88. The van der Waals surface area contributed by atoms with Gasteiger partial charge in [0.2, 0.25) is 5.91 Å². The molecule has 0 saturated heterocycles. The highest BCUT2D eigenvalue weighted by Crippen LogP contribution is 2.23. The maximum atomic E-state index is 11.9. The number of amides is 1. The van der Waals surface area contributed by atoms with Gasteiger partial charge >= 0.3 is 0 Å². The van der Waals surface area contributed by atoms with E-state index in [1.807, 2.05) is 6.92 Å². The van der Waals surface area contributed by atoms with Crippen LogP contribution in [0, 0.1) is 5.41 Å². The fourth-order valence-electron chi connectivity index (χ4n) is 2.76. The second-order valence-corrected chi connectivity index (χ2v) is 7.73. The summed E-state index contributed by atoms with van der Waals surface area (Å²) in [6, 6.07) is 8.46. The van der Waals surface area contributed by atoms with Crippen molar-refractivity contribution in [2.75, 3.05) is 19.6 Å². The van der Waals surface area contributed by atoms with E-state index in [-0.39, 0.29) is 17.9 Å². The molecule has 0 spiro atoms. The molecule has 1 aromatic rings. The first-order valence-electron chi connectivity index (χ1n) is 8.69. The van der Waals surface area contributed by atoms with Gasteiger partial charge in [0.1, 0.15) is 0 Å². The van der Waals surface area contributed by atoms with E-state index in [1.165, 1.54) is 11.1 Å². The summed E-state index contributed by atoms with van der Waals surface area (Å²) in [5, 5.41) is 13.0. The number of benzene rings is 1. The first-order valence-corrected chi connectivity index (χ1v) is 8.69. The number of β-amino-alcohol motifs (C(OH)–C–C–N with tert-alkyl or cyclic N) is 1. The van der Waals surface area contributed by atoms with Crippen LogP contribution in [0.15, 0.2) is 35.9 Å². The topological polar surface area (TPSA) is 52.6 Å². The van der Waals surface area contributed by atoms with Gasteiger partial charge in [0.05, 0.1) is 6.10 Å². The number of aliphatic hydroxyl groups excluding tert-OH is 1. The van der Waals surface area contributed by atoms with Gasteiger partial charge in [0.15, 0.2) is 0 Å². The van der Waals surface area contributed by atoms with Crippen LogP contribution in [0.25, 0.3) is 0 Å². The van der Waals surface area contributed by atoms with Gasteiger partial charge in [0, 0.05) is 32.3 Å². The molecule has 0 bridgehead atoms. The number of hydrogen-bond acceptors (Lipinski definition) is 3. The minimum absolute atomic E-state index is 0.0167. The van der Waals surface area contributed by atoms with Crippen molar-refractivity contribution >= 4 is 5.91 Å². The van der Waals surface area contributed by atoms with Crippen LogP contribution in [0.2, 0.25) is 0 Å². The Bertz CT molecular complexity index is 602. The van der Waals surface area contributed by atoms with Gasteiger partial charge in [-0.05, 0) is 29.9 Å². The van der Waals surface area contributed by atoms with Crippen molar-refractivity contribution in [3.8, 4) is 0 Å². The van der Waals surface area contributed by atoms with Gasteiger partial charge in [-0.25, -0.2) is 0 Å². The second kappa shape index (κ2) is 7.95. The van der Waals surface area contributed by atoms with Crippen LogP contribution >= 0.6 is 0 Å². The number of carbonyl (C=O) groups excluding carboxylic acids is 1. The lowest BCUT2D eigenvalue weighted by Crippen LogP contribution is -2.41. The summed E-state index contributed by atoms with van der Waals surface area (Å²) in [6.07, 6.45) is 2.09. The maximum Gasteiger partial charge on any atom is 0.244 e. The summed E-state index contributed by atoms with van der Waals surface area (Å²) in [6.45, 7) is 10.9. The predicted octanol–water partition coefficient (Wildman–Crippen LogP) is 2.51. The second-order valence-electron chi connectivity index (χ2n) is 7.73. The van der Waals surface area contributed by atoms with Crippen LogP contribution in [0.3, 0.4) is 0 Å². The minimum Gasteiger partial charge on any atom is -0.390 e. The predicted molar refractivity (Wildman–Crippen MR) is 97.7 cm³/mol. The van der Waals surface area contributed by atoms with Crippen LogP contribution in [-0.4, -0.2) is 41.7 Å². The smallest absolute Gasteiger partial charge is 0.244 e. The highest BCUT2D eigenvalue weighted by atomic mass is 16.3. The highest BCUT2D eigenvalue weighted by Gasteiger charge is 2.19. The summed E-state index contributed by atoms with van der Waals surface area (Å²) in [7, 11) is 0. The third-order valence-corrected chi connectivity index (χ3v) is 4.72. The van der Waals surface area contributed by atoms with E-state index >= 15 is 0 Å². The van der Waals surface area contributed by atoms with Gasteiger partial charge in [-0.2, -0.15) is 0 Å². The molecule has 0 fully saturated rings. The van der Waals surface area contributed by atoms with E-state index < -0.39 is 6.10 Å². The zero-order chi connectivity index (χ0) is 17.7. The molecule has 24 heavy (non-hydrogen) atoms. The average molecular weight is 330 g/mol. The van der Waals surface area contributed by atoms with Crippen molar-refractivity contribution in [1.29, 1.82) is 0 Å². The van der Waals surface area contributed by atoms with Gasteiger partial charge in [0.25, 0.3) is 0 Å². The Morgan fingerprint density at radius 2 is 2.00 bits per heavy atom. The summed E-state index contributed by atoms with van der Waals surface area (Å²) in [4.78, 5) is 14.2. The van der Waals surface area contributed by atoms with Crippen molar-refractivity contribution in [3.05, 3.63) is 47.0 Å². The van der Waals surface area contributed by atoms with Crippen LogP contribution in [0.1, 0.15) is 38.8 Å². The molecular weight excluding hydrogens is 300 g/mol. The number of allylic oxidation sites excluding steroid dienone is 1. The molecule has 0 aliphatic carbocycles. The molecule has 4 heteroatoms. The molecule has 132 valence electrons. The lowest BCUT2D eigenvalue weighted by molar-refractivity contribution is -0.117. The third kappa shape index (κ3) is 5.46. The largest absolute Gasteiger partial charge is 0.390 e. The van der Waals surface area contributed by atoms with E-state index in [1.54, 1.807) is 6.08 Å². The SMILES string of the molecule is C/C(=C/C(=O)NCC(O)CN1CCc2ccccc2C1)C(C)(C)C. The number of nitrogens with one attached hydrogen (secondary N) is 1. The summed E-state index contributed by atoms with van der Waals surface area (Å²) in [5.41, 5.74) is 3.75. The van der Waals surface area contributed by atoms with Crippen LogP contribution in [-0.2, 0) is 17.8 Å². The quantitative estimate of drug-likeness (QED) is 0.816. The molecule has 0 radical (unpaired) electrons. The number of carbonyl (C=O) groups is 1. The van der Waals surface area contributed by atoms with Gasteiger partial charge in [-0.3, -0.25) is 9.69 Å². The van der Waals surface area contributed by atoms with Crippen molar-refractivity contribution in [1.82, 2.24) is 10.2 Å². The molecule has 2 N–H and O–H groups in total. The Balaban J connectivity index is 1.78. The van der Waals surface area contributed by atoms with Crippen LogP contribution in [0.4, 0.5) is 0 Å². The van der Waals surface area contributed by atoms with Crippen LogP contribution in [0.5, 0.6) is 0 Å². The lowest BCUT2D eigenvalue weighted by atomic mass is 9.87. The molecule has 1 amide bonds. The maximum absolute atomic E-state index is 11.9. The monoisotopic (exact) mass is 330 g/mol. The number of hydrogen-bond donors (Lipinski definition) is 2. The third-order valence-electron chi connectivity index (χ3n) is 4.72. The number of rotatable bonds is 5. The van der Waals surface area contributed by atoms with Crippen molar-refractivity contribution in [3.63, 3.8) is 0 Å². The van der Waals surface area contributed by atoms with Crippen LogP contribution < -0.4 is 5.32 Å². The van der Waals surface area contributed by atoms with E-state index in [0.717, 1.165) is 25.1 Å². The number of fused-ring (bicyclic) bond motifs is 1. The Morgan fingerprint density at radius 1 is 1.33 bits per heavy atom. The molecular formula is C20H30N2O2. The van der Waals surface area contributed by atoms with E-state index in [0.29, 0.717) is 6.54 Å². The Kier molecular flexibility index (Phi) is 6.19. The standard InChI is InChI=1S/C20H30N2O2/c1-15(20(2,3)4)11-19(24)21-12-18(23)14-22-10-9-16-7-5-6-8-17(16)13-22/h5-8,11,18,23H,9-10,12-14H2,1-4H3,(H,21,24)/b15-11-. The molecule has 1 aliphatic heterocycles. The normalized spacial score (nSPS) is 17.3. The van der Waals surface area contributed by atoms with Crippen molar-refractivity contribution in [2.45, 2.75) is 46.8 Å². The Labute approximate surface area is 145 Å². The molecule has 0 saturated carbocycles. The minimum atomic E-state index is -0.553. The molecule has 4 nitrogen and oxygen atoms in total. The fourth-order valence-corrected chi connectivity index (χ4v) is 2.76. The molecule has 2 rings (SSSR count). The number of aliphatic hydroxyl groups is 1. The Hall–Kier alpha value is -1.65. The van der Waals surface area contributed by atoms with Gasteiger partial charge in [-0.1, -0.05) is 50.6 Å². The van der Waals surface area contributed by atoms with Crippen molar-refractivity contribution in [2.24, 2.45) is 5.41 Å². The zero-order valence-corrected chi connectivity index (χ0v) is 15.3. The molecule has 1 unspecified atom stereocenters. The van der Waals surface area contributed by atoms with E-state index in [9.17, 15) is 9.90 Å². The summed E-state index contributed by atoms with van der Waals surface area (Å²) < 4.78 is 0. The zero-order valence-electron chi connectivity index (χ0n) is 15.3. The average Bonchev–Trinajstić information content (AvgIpc) is 2.52. The van der Waals surface area contributed by atoms with E-state index in [2.05, 4.69) is 55.3 Å². The fraction of sp³-hybridized carbons (Fsp3) is 0.550.